The minimum Gasteiger partial charge on any atom is -0.441 e. The average molecular weight is 305 g/mol. The minimum absolute atomic E-state index is 0.138. The van der Waals surface area contributed by atoms with Gasteiger partial charge >= 0.3 is 0 Å². The molecule has 5 nitrogen and oxygen atoms in total. The van der Waals surface area contributed by atoms with Crippen LogP contribution in [0.4, 0.5) is 5.69 Å². The van der Waals surface area contributed by atoms with Crippen molar-refractivity contribution in [1.29, 1.82) is 0 Å². The third-order valence-corrected chi connectivity index (χ3v) is 3.89. The molecule has 23 heavy (non-hydrogen) atoms. The predicted molar refractivity (Wildman–Crippen MR) is 89.6 cm³/mol. The van der Waals surface area contributed by atoms with Gasteiger partial charge in [-0.1, -0.05) is 18.2 Å². The van der Waals surface area contributed by atoms with E-state index in [-0.39, 0.29) is 5.91 Å². The summed E-state index contributed by atoms with van der Waals surface area (Å²) in [6.45, 7) is 1.80. The molecule has 0 aliphatic carbocycles. The molecule has 114 valence electrons. The maximum atomic E-state index is 12.6. The van der Waals surface area contributed by atoms with Crippen LogP contribution in [0, 0.1) is 6.92 Å². The van der Waals surface area contributed by atoms with E-state index in [4.69, 9.17) is 4.42 Å². The van der Waals surface area contributed by atoms with Crippen LogP contribution in [-0.4, -0.2) is 15.5 Å². The summed E-state index contributed by atoms with van der Waals surface area (Å²) in [6.07, 6.45) is 1.85. The van der Waals surface area contributed by atoms with Crippen molar-refractivity contribution in [1.82, 2.24) is 9.55 Å². The summed E-state index contributed by atoms with van der Waals surface area (Å²) in [5.74, 6) is 0.471. The first-order valence-corrected chi connectivity index (χ1v) is 7.34. The monoisotopic (exact) mass is 305 g/mol. The molecule has 4 aromatic rings. The first-order valence-electron chi connectivity index (χ1n) is 7.34. The number of aryl methyl sites for hydroxylation is 2. The Morgan fingerprint density at radius 3 is 2.91 bits per heavy atom. The van der Waals surface area contributed by atoms with Gasteiger partial charge in [0.2, 0.25) is 0 Å². The number of amides is 1. The van der Waals surface area contributed by atoms with E-state index in [1.807, 2.05) is 60.3 Å². The zero-order valence-corrected chi connectivity index (χ0v) is 12.8. The Hall–Kier alpha value is -3.08. The van der Waals surface area contributed by atoms with E-state index < -0.39 is 0 Å². The molecular formula is C18H15N3O2. The van der Waals surface area contributed by atoms with Crippen molar-refractivity contribution >= 4 is 33.6 Å². The summed E-state index contributed by atoms with van der Waals surface area (Å²) >= 11 is 0. The molecule has 1 N–H and O–H groups in total. The lowest BCUT2D eigenvalue weighted by molar-refractivity contribution is 0.102. The summed E-state index contributed by atoms with van der Waals surface area (Å²) in [7, 11) is 1.93. The van der Waals surface area contributed by atoms with Crippen LogP contribution in [0.2, 0.25) is 0 Å². The number of aromatic nitrogens is 2. The third-order valence-electron chi connectivity index (χ3n) is 3.89. The Morgan fingerprint density at radius 2 is 2.04 bits per heavy atom. The van der Waals surface area contributed by atoms with Crippen LogP contribution in [0.3, 0.4) is 0 Å². The summed E-state index contributed by atoms with van der Waals surface area (Å²) in [5, 5.41) is 3.87. The van der Waals surface area contributed by atoms with Gasteiger partial charge in [-0.2, -0.15) is 0 Å². The SMILES string of the molecule is Cc1nc2cc(NC(=O)c3cn(C)c4ccccc34)ccc2o1. The van der Waals surface area contributed by atoms with Crippen LogP contribution in [0.1, 0.15) is 16.2 Å². The zero-order valence-electron chi connectivity index (χ0n) is 12.8. The maximum Gasteiger partial charge on any atom is 0.257 e. The standard InChI is InChI=1S/C18H15N3O2/c1-11-19-15-9-12(7-8-17(15)23-11)20-18(22)14-10-21(2)16-6-4-3-5-13(14)16/h3-10H,1-2H3,(H,20,22). The van der Waals surface area contributed by atoms with Gasteiger partial charge in [0.25, 0.3) is 5.91 Å². The van der Waals surface area contributed by atoms with Crippen LogP contribution in [0.25, 0.3) is 22.0 Å². The van der Waals surface area contributed by atoms with Crippen molar-refractivity contribution in [2.24, 2.45) is 7.05 Å². The molecule has 0 saturated carbocycles. The Morgan fingerprint density at radius 1 is 1.22 bits per heavy atom. The lowest BCUT2D eigenvalue weighted by Crippen LogP contribution is -2.11. The first kappa shape index (κ1) is 13.6. The summed E-state index contributed by atoms with van der Waals surface area (Å²) in [5.41, 5.74) is 3.83. The molecular weight excluding hydrogens is 290 g/mol. The van der Waals surface area contributed by atoms with Crippen molar-refractivity contribution in [2.75, 3.05) is 5.32 Å². The third kappa shape index (κ3) is 2.26. The van der Waals surface area contributed by atoms with Gasteiger partial charge in [-0.05, 0) is 24.3 Å². The van der Waals surface area contributed by atoms with Crippen molar-refractivity contribution < 1.29 is 9.21 Å². The second-order valence-corrected chi connectivity index (χ2v) is 5.54. The normalized spacial score (nSPS) is 11.2. The number of nitrogens with zero attached hydrogens (tertiary/aromatic N) is 2. The lowest BCUT2D eigenvalue weighted by atomic mass is 10.1. The molecule has 0 aliphatic heterocycles. The summed E-state index contributed by atoms with van der Waals surface area (Å²) in [6, 6.07) is 13.3. The molecule has 4 rings (SSSR count). The lowest BCUT2D eigenvalue weighted by Gasteiger charge is -2.04. The molecule has 0 aliphatic rings. The Labute approximate surface area is 132 Å². The van der Waals surface area contributed by atoms with E-state index in [9.17, 15) is 4.79 Å². The highest BCUT2D eigenvalue weighted by Crippen LogP contribution is 2.23. The quantitative estimate of drug-likeness (QED) is 0.611. The number of carbonyl (C=O) groups is 1. The molecule has 0 unspecified atom stereocenters. The van der Waals surface area contributed by atoms with Gasteiger partial charge in [-0.3, -0.25) is 4.79 Å². The van der Waals surface area contributed by atoms with Crippen LogP contribution >= 0.6 is 0 Å². The van der Waals surface area contributed by atoms with Crippen molar-refractivity contribution in [3.05, 3.63) is 60.1 Å². The van der Waals surface area contributed by atoms with Crippen molar-refractivity contribution in [3.8, 4) is 0 Å². The molecule has 2 aromatic carbocycles. The summed E-state index contributed by atoms with van der Waals surface area (Å²) < 4.78 is 7.40. The van der Waals surface area contributed by atoms with Crippen molar-refractivity contribution in [2.45, 2.75) is 6.92 Å². The number of benzene rings is 2. The number of carbonyl (C=O) groups excluding carboxylic acids is 1. The van der Waals surface area contributed by atoms with Crippen molar-refractivity contribution in [3.63, 3.8) is 0 Å². The highest BCUT2D eigenvalue weighted by atomic mass is 16.3. The highest BCUT2D eigenvalue weighted by Gasteiger charge is 2.14. The van der Waals surface area contributed by atoms with Gasteiger partial charge in [0.1, 0.15) is 5.52 Å². The van der Waals surface area contributed by atoms with Gasteiger partial charge in [-0.15, -0.1) is 0 Å². The van der Waals surface area contributed by atoms with Gasteiger partial charge in [0, 0.05) is 36.8 Å². The van der Waals surface area contributed by atoms with E-state index >= 15 is 0 Å². The molecule has 0 fully saturated rings. The topological polar surface area (TPSA) is 60.1 Å². The van der Waals surface area contributed by atoms with Crippen LogP contribution < -0.4 is 5.32 Å². The minimum atomic E-state index is -0.138. The smallest absolute Gasteiger partial charge is 0.257 e. The molecule has 1 amide bonds. The fraction of sp³-hybridized carbons (Fsp3) is 0.111. The molecule has 0 saturated heterocycles. The number of para-hydroxylation sites is 1. The van der Waals surface area contributed by atoms with Crippen LogP contribution in [0.15, 0.2) is 53.1 Å². The van der Waals surface area contributed by atoms with E-state index in [0.717, 1.165) is 16.4 Å². The second-order valence-electron chi connectivity index (χ2n) is 5.54. The van der Waals surface area contributed by atoms with E-state index in [0.29, 0.717) is 22.7 Å². The Bertz CT molecular complexity index is 1040. The molecule has 0 bridgehead atoms. The van der Waals surface area contributed by atoms with Crippen LogP contribution in [-0.2, 0) is 7.05 Å². The number of oxazole rings is 1. The van der Waals surface area contributed by atoms with Gasteiger partial charge < -0.3 is 14.3 Å². The second kappa shape index (κ2) is 4.98. The fourth-order valence-corrected chi connectivity index (χ4v) is 2.84. The maximum absolute atomic E-state index is 12.6. The van der Waals surface area contributed by atoms with E-state index in [2.05, 4.69) is 10.3 Å². The predicted octanol–water partition coefficient (Wildman–Crippen LogP) is 3.88. The fourth-order valence-electron chi connectivity index (χ4n) is 2.84. The number of nitrogens with one attached hydrogen (secondary N) is 1. The number of rotatable bonds is 2. The largest absolute Gasteiger partial charge is 0.441 e. The molecule has 2 aromatic heterocycles. The molecule has 2 heterocycles. The number of fused-ring (bicyclic) bond motifs is 2. The van der Waals surface area contributed by atoms with E-state index in [1.54, 1.807) is 6.92 Å². The van der Waals surface area contributed by atoms with Gasteiger partial charge in [0.05, 0.1) is 5.56 Å². The zero-order chi connectivity index (χ0) is 16.0. The van der Waals surface area contributed by atoms with Gasteiger partial charge in [-0.25, -0.2) is 4.98 Å². The Kier molecular flexibility index (Phi) is 2.94. The van der Waals surface area contributed by atoms with Gasteiger partial charge in [0.15, 0.2) is 11.5 Å². The summed E-state index contributed by atoms with van der Waals surface area (Å²) in [4.78, 5) is 16.9. The Balaban J connectivity index is 1.70. The highest BCUT2D eigenvalue weighted by molar-refractivity contribution is 6.13. The number of hydrogen-bond acceptors (Lipinski definition) is 3. The number of hydrogen-bond donors (Lipinski definition) is 1. The average Bonchev–Trinajstić information content (AvgIpc) is 3.07. The molecule has 0 radical (unpaired) electrons. The van der Waals surface area contributed by atoms with E-state index in [1.165, 1.54) is 0 Å². The molecule has 0 atom stereocenters. The molecule has 0 spiro atoms. The first-order chi connectivity index (χ1) is 11.1. The molecule has 5 heteroatoms. The van der Waals surface area contributed by atoms with Crippen LogP contribution in [0.5, 0.6) is 0 Å². The number of anilines is 1.